The number of halogens is 1. The number of nitrogens with zero attached hydrogens (tertiary/aromatic N) is 2. The van der Waals surface area contributed by atoms with Gasteiger partial charge in [-0.2, -0.15) is 0 Å². The number of amides is 2. The van der Waals surface area contributed by atoms with Crippen LogP contribution < -0.4 is 5.32 Å². The average molecular weight is 472 g/mol. The van der Waals surface area contributed by atoms with Gasteiger partial charge in [-0.3, -0.25) is 19.3 Å². The number of ketones is 1. The minimum absolute atomic E-state index is 0.00998. The lowest BCUT2D eigenvalue weighted by Crippen LogP contribution is -2.50. The third-order valence-corrected chi connectivity index (χ3v) is 5.69. The molecule has 30 heavy (non-hydrogen) atoms. The molecule has 1 heterocycles. The second-order valence-electron chi connectivity index (χ2n) is 7.50. The van der Waals surface area contributed by atoms with E-state index in [-0.39, 0.29) is 30.4 Å². The van der Waals surface area contributed by atoms with Gasteiger partial charge in [-0.25, -0.2) is 0 Å². The first kappa shape index (κ1) is 22.2. The van der Waals surface area contributed by atoms with Crippen molar-refractivity contribution >= 4 is 39.2 Å². The highest BCUT2D eigenvalue weighted by Crippen LogP contribution is 2.14. The van der Waals surface area contributed by atoms with E-state index >= 15 is 0 Å². The lowest BCUT2D eigenvalue weighted by Gasteiger charge is -2.34. The number of carbonyl (C=O) groups excluding carboxylic acids is 3. The van der Waals surface area contributed by atoms with Crippen molar-refractivity contribution in [1.82, 2.24) is 9.80 Å². The van der Waals surface area contributed by atoms with Crippen molar-refractivity contribution in [2.24, 2.45) is 0 Å². The molecule has 0 bridgehead atoms. The number of piperazine rings is 1. The van der Waals surface area contributed by atoms with E-state index in [0.717, 1.165) is 15.7 Å². The van der Waals surface area contributed by atoms with E-state index in [0.29, 0.717) is 38.3 Å². The molecule has 3 rings (SSSR count). The zero-order valence-electron chi connectivity index (χ0n) is 17.1. The van der Waals surface area contributed by atoms with Crippen molar-refractivity contribution in [2.75, 3.05) is 38.0 Å². The summed E-state index contributed by atoms with van der Waals surface area (Å²) in [5, 5.41) is 2.90. The molecule has 158 valence electrons. The summed E-state index contributed by atoms with van der Waals surface area (Å²) in [5.74, 6) is -0.0924. The number of hydrogen-bond acceptors (Lipinski definition) is 4. The van der Waals surface area contributed by atoms with E-state index in [1.165, 1.54) is 0 Å². The van der Waals surface area contributed by atoms with E-state index in [1.807, 2.05) is 48.2 Å². The van der Waals surface area contributed by atoms with E-state index in [4.69, 9.17) is 0 Å². The minimum atomic E-state index is -0.0567. The molecule has 0 radical (unpaired) electrons. The van der Waals surface area contributed by atoms with Gasteiger partial charge in [0, 0.05) is 54.7 Å². The molecule has 1 aliphatic rings. The van der Waals surface area contributed by atoms with Gasteiger partial charge in [0.15, 0.2) is 5.78 Å². The van der Waals surface area contributed by atoms with Crippen LogP contribution >= 0.6 is 15.9 Å². The standard InChI is InChI=1S/C23H26BrN3O3/c1-17-2-8-20(9-3-17)25-22(29)16-26-12-14-27(15-13-26)23(30)11-10-21(28)18-4-6-19(24)7-5-18/h2-9H,10-16H2,1H3,(H,25,29). The lowest BCUT2D eigenvalue weighted by atomic mass is 10.1. The van der Waals surface area contributed by atoms with Crippen molar-refractivity contribution < 1.29 is 14.4 Å². The zero-order valence-corrected chi connectivity index (χ0v) is 18.7. The lowest BCUT2D eigenvalue weighted by molar-refractivity contribution is -0.133. The molecule has 0 atom stereocenters. The molecular formula is C23H26BrN3O3. The Balaban J connectivity index is 1.38. The summed E-state index contributed by atoms with van der Waals surface area (Å²) in [6.45, 7) is 4.74. The molecule has 0 aliphatic carbocycles. The Morgan fingerprint density at radius 3 is 2.17 bits per heavy atom. The van der Waals surface area contributed by atoms with Gasteiger partial charge >= 0.3 is 0 Å². The summed E-state index contributed by atoms with van der Waals surface area (Å²) < 4.78 is 0.917. The molecule has 6 nitrogen and oxygen atoms in total. The van der Waals surface area contributed by atoms with Gasteiger partial charge in [-0.1, -0.05) is 45.8 Å². The zero-order chi connectivity index (χ0) is 21.5. The van der Waals surface area contributed by atoms with Gasteiger partial charge in [0.1, 0.15) is 0 Å². The summed E-state index contributed by atoms with van der Waals surface area (Å²) >= 11 is 3.35. The van der Waals surface area contributed by atoms with Gasteiger partial charge in [0.25, 0.3) is 0 Å². The van der Waals surface area contributed by atoms with Crippen LogP contribution in [0, 0.1) is 6.92 Å². The van der Waals surface area contributed by atoms with Crippen LogP contribution in [0.15, 0.2) is 53.0 Å². The van der Waals surface area contributed by atoms with E-state index in [1.54, 1.807) is 17.0 Å². The number of Topliss-reactive ketones (excluding diaryl/α,β-unsaturated/α-hetero) is 1. The number of carbonyl (C=O) groups is 3. The molecule has 1 fully saturated rings. The van der Waals surface area contributed by atoms with Gasteiger partial charge in [0.05, 0.1) is 6.54 Å². The van der Waals surface area contributed by atoms with Gasteiger partial charge < -0.3 is 10.2 Å². The van der Waals surface area contributed by atoms with Crippen LogP contribution in [0.2, 0.25) is 0 Å². The van der Waals surface area contributed by atoms with Gasteiger partial charge in [-0.05, 0) is 31.2 Å². The smallest absolute Gasteiger partial charge is 0.238 e. The van der Waals surface area contributed by atoms with Gasteiger partial charge in [0.2, 0.25) is 11.8 Å². The van der Waals surface area contributed by atoms with E-state index in [9.17, 15) is 14.4 Å². The third-order valence-electron chi connectivity index (χ3n) is 5.16. The topological polar surface area (TPSA) is 69.7 Å². The average Bonchev–Trinajstić information content (AvgIpc) is 2.74. The highest BCUT2D eigenvalue weighted by Gasteiger charge is 2.23. The molecule has 1 saturated heterocycles. The summed E-state index contributed by atoms with van der Waals surface area (Å²) in [4.78, 5) is 40.8. The number of benzene rings is 2. The van der Waals surface area contributed by atoms with Crippen LogP contribution in [0.1, 0.15) is 28.8 Å². The van der Waals surface area contributed by atoms with Crippen LogP contribution in [0.25, 0.3) is 0 Å². The molecule has 2 aromatic rings. The monoisotopic (exact) mass is 471 g/mol. The van der Waals surface area contributed by atoms with Gasteiger partial charge in [-0.15, -0.1) is 0 Å². The molecular weight excluding hydrogens is 446 g/mol. The molecule has 2 amide bonds. The first-order valence-electron chi connectivity index (χ1n) is 10.1. The molecule has 1 aliphatic heterocycles. The summed E-state index contributed by atoms with van der Waals surface area (Å²) in [6, 6.07) is 14.9. The van der Waals surface area contributed by atoms with Crippen LogP contribution in [0.5, 0.6) is 0 Å². The molecule has 0 unspecified atom stereocenters. The van der Waals surface area contributed by atoms with Crippen LogP contribution in [0.4, 0.5) is 5.69 Å². The van der Waals surface area contributed by atoms with Crippen LogP contribution in [0.3, 0.4) is 0 Å². The Hall–Kier alpha value is -2.51. The molecule has 2 aromatic carbocycles. The van der Waals surface area contributed by atoms with Crippen molar-refractivity contribution in [3.63, 3.8) is 0 Å². The van der Waals surface area contributed by atoms with E-state index < -0.39 is 0 Å². The normalized spacial score (nSPS) is 14.4. The number of aryl methyl sites for hydroxylation is 1. The Morgan fingerprint density at radius 1 is 0.900 bits per heavy atom. The number of rotatable bonds is 7. The maximum Gasteiger partial charge on any atom is 0.238 e. The quantitative estimate of drug-likeness (QED) is 0.627. The fourth-order valence-corrected chi connectivity index (χ4v) is 3.62. The molecule has 0 saturated carbocycles. The Bertz CT molecular complexity index is 889. The first-order chi connectivity index (χ1) is 14.4. The predicted molar refractivity (Wildman–Crippen MR) is 121 cm³/mol. The minimum Gasteiger partial charge on any atom is -0.340 e. The Labute approximate surface area is 185 Å². The summed E-state index contributed by atoms with van der Waals surface area (Å²) in [5.41, 5.74) is 2.55. The van der Waals surface area contributed by atoms with E-state index in [2.05, 4.69) is 21.2 Å². The number of anilines is 1. The Kier molecular flexibility index (Phi) is 7.76. The number of nitrogens with one attached hydrogen (secondary N) is 1. The van der Waals surface area contributed by atoms with Crippen molar-refractivity contribution in [2.45, 2.75) is 19.8 Å². The molecule has 1 N–H and O–H groups in total. The fourth-order valence-electron chi connectivity index (χ4n) is 3.35. The highest BCUT2D eigenvalue weighted by atomic mass is 79.9. The second-order valence-corrected chi connectivity index (χ2v) is 8.42. The molecule has 7 heteroatoms. The second kappa shape index (κ2) is 10.5. The molecule has 0 aromatic heterocycles. The third kappa shape index (κ3) is 6.50. The van der Waals surface area contributed by atoms with Crippen LogP contribution in [-0.4, -0.2) is 60.1 Å². The van der Waals surface area contributed by atoms with Crippen LogP contribution in [-0.2, 0) is 9.59 Å². The highest BCUT2D eigenvalue weighted by molar-refractivity contribution is 9.10. The first-order valence-corrected chi connectivity index (χ1v) is 10.9. The maximum absolute atomic E-state index is 12.5. The predicted octanol–water partition coefficient (Wildman–Crippen LogP) is 3.50. The summed E-state index contributed by atoms with van der Waals surface area (Å²) in [6.07, 6.45) is 0.419. The molecule has 0 spiro atoms. The number of hydrogen-bond donors (Lipinski definition) is 1. The summed E-state index contributed by atoms with van der Waals surface area (Å²) in [7, 11) is 0. The van der Waals surface area contributed by atoms with Crippen molar-refractivity contribution in [3.8, 4) is 0 Å². The largest absolute Gasteiger partial charge is 0.340 e. The van der Waals surface area contributed by atoms with Crippen molar-refractivity contribution in [3.05, 3.63) is 64.1 Å². The maximum atomic E-state index is 12.5. The SMILES string of the molecule is Cc1ccc(NC(=O)CN2CCN(C(=O)CCC(=O)c3ccc(Br)cc3)CC2)cc1. The fraction of sp³-hybridized carbons (Fsp3) is 0.348. The Morgan fingerprint density at radius 2 is 1.53 bits per heavy atom. The van der Waals surface area contributed by atoms with Crippen molar-refractivity contribution in [1.29, 1.82) is 0 Å².